The maximum absolute atomic E-state index is 5.98. The number of halogens is 1. The highest BCUT2D eigenvalue weighted by Gasteiger charge is 2.50. The first-order valence-corrected chi connectivity index (χ1v) is 6.05. The molecule has 0 unspecified atom stereocenters. The summed E-state index contributed by atoms with van der Waals surface area (Å²) in [4.78, 5) is 1.40. The molecule has 0 aliphatic carbocycles. The summed E-state index contributed by atoms with van der Waals surface area (Å²) in [5.74, 6) is 0.742. The molecule has 4 heteroatoms. The van der Waals surface area contributed by atoms with Gasteiger partial charge in [-0.25, -0.2) is 0 Å². The lowest BCUT2D eigenvalue weighted by atomic mass is 9.69. The molecule has 2 saturated heterocycles. The number of ether oxygens (including phenoxy) is 1. The van der Waals surface area contributed by atoms with Gasteiger partial charge in [-0.2, -0.15) is 0 Å². The first-order valence-electron chi connectivity index (χ1n) is 4.85. The van der Waals surface area contributed by atoms with Crippen molar-refractivity contribution < 1.29 is 4.74 Å². The first kappa shape index (κ1) is 9.16. The van der Waals surface area contributed by atoms with Crippen molar-refractivity contribution in [2.45, 2.75) is 5.41 Å². The van der Waals surface area contributed by atoms with Gasteiger partial charge < -0.3 is 10.1 Å². The Morgan fingerprint density at radius 3 is 2.57 bits per heavy atom. The third-order valence-electron chi connectivity index (χ3n) is 3.35. The maximum Gasteiger partial charge on any atom is 0.0931 e. The molecule has 0 radical (unpaired) electrons. The molecule has 76 valence electrons. The van der Waals surface area contributed by atoms with Gasteiger partial charge in [0.1, 0.15) is 0 Å². The Hall–Kier alpha value is -0.0900. The van der Waals surface area contributed by atoms with Crippen LogP contribution in [-0.4, -0.2) is 26.3 Å². The average Bonchev–Trinajstić information content (AvgIpc) is 2.40. The van der Waals surface area contributed by atoms with Crippen molar-refractivity contribution in [2.24, 2.45) is 5.92 Å². The Bertz CT molecular complexity index is 344. The van der Waals surface area contributed by atoms with Gasteiger partial charge in [-0.3, -0.25) is 0 Å². The Kier molecular flexibility index (Phi) is 2.10. The molecule has 1 N–H and O–H groups in total. The number of hydrogen-bond donors (Lipinski definition) is 1. The van der Waals surface area contributed by atoms with Crippen molar-refractivity contribution >= 4 is 22.9 Å². The highest BCUT2D eigenvalue weighted by Crippen LogP contribution is 2.44. The van der Waals surface area contributed by atoms with E-state index in [1.807, 2.05) is 6.07 Å². The lowest BCUT2D eigenvalue weighted by Gasteiger charge is -2.50. The lowest BCUT2D eigenvalue weighted by molar-refractivity contribution is -0.0990. The van der Waals surface area contributed by atoms with Crippen LogP contribution in [0.5, 0.6) is 0 Å². The van der Waals surface area contributed by atoms with E-state index in [2.05, 4.69) is 11.4 Å². The molecule has 2 nitrogen and oxygen atoms in total. The van der Waals surface area contributed by atoms with Crippen LogP contribution in [0.1, 0.15) is 4.88 Å². The van der Waals surface area contributed by atoms with Crippen molar-refractivity contribution in [3.8, 4) is 0 Å². The molecule has 0 aromatic carbocycles. The summed E-state index contributed by atoms with van der Waals surface area (Å²) in [5, 5.41) is 3.33. The predicted octanol–water partition coefficient (Wildman–Crippen LogP) is 1.89. The Labute approximate surface area is 92.2 Å². The predicted molar refractivity (Wildman–Crippen MR) is 58.2 cm³/mol. The summed E-state index contributed by atoms with van der Waals surface area (Å²) in [6.45, 7) is 3.99. The summed E-state index contributed by atoms with van der Waals surface area (Å²) in [6, 6.07) is 4.15. The van der Waals surface area contributed by atoms with E-state index in [1.165, 1.54) is 4.88 Å². The number of hydrogen-bond acceptors (Lipinski definition) is 3. The number of nitrogens with one attached hydrogen (secondary N) is 1. The smallest absolute Gasteiger partial charge is 0.0931 e. The van der Waals surface area contributed by atoms with Crippen molar-refractivity contribution in [3.63, 3.8) is 0 Å². The molecule has 2 aliphatic heterocycles. The normalized spacial score (nSPS) is 25.5. The minimum absolute atomic E-state index is 0.281. The molecule has 1 aromatic heterocycles. The second kappa shape index (κ2) is 3.20. The zero-order valence-electron chi connectivity index (χ0n) is 7.75. The monoisotopic (exact) mass is 229 g/mol. The van der Waals surface area contributed by atoms with Gasteiger partial charge >= 0.3 is 0 Å². The molecule has 14 heavy (non-hydrogen) atoms. The quantitative estimate of drug-likeness (QED) is 0.837. The van der Waals surface area contributed by atoms with Crippen LogP contribution in [-0.2, 0) is 10.2 Å². The molecular weight excluding hydrogens is 218 g/mol. The van der Waals surface area contributed by atoms with E-state index < -0.39 is 0 Å². The van der Waals surface area contributed by atoms with Crippen LogP contribution in [0.3, 0.4) is 0 Å². The van der Waals surface area contributed by atoms with E-state index in [1.54, 1.807) is 11.3 Å². The SMILES string of the molecule is Clc1ccc(C2(C3CNC3)COC2)s1. The minimum Gasteiger partial charge on any atom is -0.379 e. The molecule has 0 bridgehead atoms. The summed E-state index contributed by atoms with van der Waals surface area (Å²) >= 11 is 7.68. The van der Waals surface area contributed by atoms with Crippen molar-refractivity contribution in [3.05, 3.63) is 21.3 Å². The number of thiophene rings is 1. The fourth-order valence-corrected chi connectivity index (χ4v) is 3.44. The molecule has 0 amide bonds. The van der Waals surface area contributed by atoms with Gasteiger partial charge in [0.2, 0.25) is 0 Å². The third kappa shape index (κ3) is 1.16. The van der Waals surface area contributed by atoms with E-state index >= 15 is 0 Å². The van der Waals surface area contributed by atoms with Gasteiger partial charge in [-0.15, -0.1) is 11.3 Å². The fourth-order valence-electron chi connectivity index (χ4n) is 2.16. The second-order valence-corrected chi connectivity index (χ2v) is 5.82. The van der Waals surface area contributed by atoms with Crippen LogP contribution < -0.4 is 5.32 Å². The van der Waals surface area contributed by atoms with Crippen molar-refractivity contribution in [1.82, 2.24) is 5.32 Å². The highest BCUT2D eigenvalue weighted by molar-refractivity contribution is 7.16. The van der Waals surface area contributed by atoms with Gasteiger partial charge in [-0.1, -0.05) is 11.6 Å². The molecule has 0 spiro atoms. The van der Waals surface area contributed by atoms with E-state index in [9.17, 15) is 0 Å². The largest absolute Gasteiger partial charge is 0.379 e. The van der Waals surface area contributed by atoms with Gasteiger partial charge in [-0.05, 0) is 18.1 Å². The standard InChI is InChI=1S/C10H12ClNOS/c11-9-2-1-8(14-9)10(5-13-6-10)7-3-12-4-7/h1-2,7,12H,3-6H2. The lowest BCUT2D eigenvalue weighted by Crippen LogP contribution is -2.62. The number of rotatable bonds is 2. The van der Waals surface area contributed by atoms with Gasteiger partial charge in [0, 0.05) is 18.0 Å². The molecule has 2 fully saturated rings. The van der Waals surface area contributed by atoms with Gasteiger partial charge in [0.05, 0.1) is 23.0 Å². The third-order valence-corrected chi connectivity index (χ3v) is 4.80. The second-order valence-electron chi connectivity index (χ2n) is 4.11. The van der Waals surface area contributed by atoms with Crippen LogP contribution in [0.25, 0.3) is 0 Å². The Balaban J connectivity index is 1.92. The van der Waals surface area contributed by atoms with E-state index in [4.69, 9.17) is 16.3 Å². The summed E-state index contributed by atoms with van der Waals surface area (Å²) < 4.78 is 6.28. The van der Waals surface area contributed by atoms with Crippen molar-refractivity contribution in [1.29, 1.82) is 0 Å². The molecular formula is C10H12ClNOS. The Morgan fingerprint density at radius 1 is 1.43 bits per heavy atom. The zero-order valence-corrected chi connectivity index (χ0v) is 9.33. The van der Waals surface area contributed by atoms with Crippen molar-refractivity contribution in [2.75, 3.05) is 26.3 Å². The van der Waals surface area contributed by atoms with Crippen LogP contribution in [0.2, 0.25) is 4.34 Å². The molecule has 3 heterocycles. The molecule has 1 aromatic rings. The summed E-state index contributed by atoms with van der Waals surface area (Å²) in [5.41, 5.74) is 0.281. The van der Waals surface area contributed by atoms with Gasteiger partial charge in [0.25, 0.3) is 0 Å². The highest BCUT2D eigenvalue weighted by atomic mass is 35.5. The topological polar surface area (TPSA) is 21.3 Å². The van der Waals surface area contributed by atoms with Crippen LogP contribution in [0.4, 0.5) is 0 Å². The van der Waals surface area contributed by atoms with Gasteiger partial charge in [0.15, 0.2) is 0 Å². The zero-order chi connectivity index (χ0) is 9.60. The summed E-state index contributed by atoms with van der Waals surface area (Å²) in [7, 11) is 0. The van der Waals surface area contributed by atoms with Crippen LogP contribution in [0.15, 0.2) is 12.1 Å². The molecule has 2 aliphatic rings. The van der Waals surface area contributed by atoms with Crippen LogP contribution >= 0.6 is 22.9 Å². The minimum atomic E-state index is 0.281. The average molecular weight is 230 g/mol. The summed E-state index contributed by atoms with van der Waals surface area (Å²) in [6.07, 6.45) is 0. The van der Waals surface area contributed by atoms with E-state index in [0.29, 0.717) is 0 Å². The van der Waals surface area contributed by atoms with E-state index in [0.717, 1.165) is 36.6 Å². The molecule has 0 saturated carbocycles. The van der Waals surface area contributed by atoms with E-state index in [-0.39, 0.29) is 5.41 Å². The first-order chi connectivity index (χ1) is 6.81. The molecule has 3 rings (SSSR count). The Morgan fingerprint density at radius 2 is 2.21 bits per heavy atom. The molecule has 0 atom stereocenters. The fraction of sp³-hybridized carbons (Fsp3) is 0.600. The maximum atomic E-state index is 5.98. The van der Waals surface area contributed by atoms with Crippen LogP contribution in [0, 0.1) is 5.92 Å².